The maximum atomic E-state index is 13.8. The standard InChI is InChI=1S/C24H20ClFN4O4S2/c1-34-24(31)20-19-12-15(29-36(32,33)16-5-3-2-4-6-16)13-30(19)22(23-27-9-10-35-23)28-21(20)17-8-7-14(26)11-18(17)25/h2-11,15,21,29H,12-13H2,1H3/t15-,21-/m0/s1. The molecule has 0 radical (unpaired) electrons. The lowest BCUT2D eigenvalue weighted by atomic mass is 9.94. The van der Waals surface area contributed by atoms with Gasteiger partial charge in [-0.2, -0.15) is 0 Å². The second kappa shape index (κ2) is 9.74. The lowest BCUT2D eigenvalue weighted by Crippen LogP contribution is -2.39. The monoisotopic (exact) mass is 546 g/mol. The molecule has 2 aromatic carbocycles. The number of fused-ring (bicyclic) bond motifs is 1. The van der Waals surface area contributed by atoms with Gasteiger partial charge in [-0.15, -0.1) is 11.3 Å². The maximum Gasteiger partial charge on any atom is 0.338 e. The average molecular weight is 547 g/mol. The molecule has 0 aliphatic carbocycles. The predicted molar refractivity (Wildman–Crippen MR) is 134 cm³/mol. The predicted octanol–water partition coefficient (Wildman–Crippen LogP) is 3.92. The molecular weight excluding hydrogens is 527 g/mol. The first kappa shape index (κ1) is 24.6. The number of amidine groups is 1. The lowest BCUT2D eigenvalue weighted by molar-refractivity contribution is -0.136. The van der Waals surface area contributed by atoms with Gasteiger partial charge in [0.1, 0.15) is 11.9 Å². The maximum absolute atomic E-state index is 13.8. The molecule has 8 nitrogen and oxygen atoms in total. The van der Waals surface area contributed by atoms with Crippen molar-refractivity contribution in [3.63, 3.8) is 0 Å². The zero-order valence-corrected chi connectivity index (χ0v) is 21.3. The fraction of sp³-hybridized carbons (Fsp3) is 0.208. The number of carbonyl (C=O) groups is 1. The highest BCUT2D eigenvalue weighted by Gasteiger charge is 2.43. The van der Waals surface area contributed by atoms with Crippen LogP contribution in [-0.4, -0.2) is 49.8 Å². The van der Waals surface area contributed by atoms with Crippen molar-refractivity contribution < 1.29 is 22.3 Å². The van der Waals surface area contributed by atoms with Crippen LogP contribution in [-0.2, 0) is 19.6 Å². The van der Waals surface area contributed by atoms with Crippen LogP contribution in [0.4, 0.5) is 4.39 Å². The van der Waals surface area contributed by atoms with E-state index in [1.807, 2.05) is 0 Å². The Morgan fingerprint density at radius 3 is 2.69 bits per heavy atom. The number of halogens is 2. The van der Waals surface area contributed by atoms with Gasteiger partial charge >= 0.3 is 5.97 Å². The third kappa shape index (κ3) is 4.55. The number of sulfonamides is 1. The van der Waals surface area contributed by atoms with E-state index in [9.17, 15) is 17.6 Å². The SMILES string of the molecule is COC(=O)C1=C2C[C@H](NS(=O)(=O)c3ccccc3)CN2C(c2nccs2)=N[C@H]1c1ccc(F)cc1Cl. The summed E-state index contributed by atoms with van der Waals surface area (Å²) in [5.41, 5.74) is 1.19. The van der Waals surface area contributed by atoms with Gasteiger partial charge in [-0.05, 0) is 24.3 Å². The number of carbonyl (C=O) groups excluding carboxylic acids is 1. The zero-order valence-electron chi connectivity index (χ0n) is 18.9. The van der Waals surface area contributed by atoms with Crippen molar-refractivity contribution >= 4 is 44.8 Å². The number of aliphatic imine (C=N–C) groups is 1. The Balaban J connectivity index is 1.60. The smallest absolute Gasteiger partial charge is 0.338 e. The van der Waals surface area contributed by atoms with E-state index in [1.165, 1.54) is 42.7 Å². The normalized spacial score (nSPS) is 19.8. The molecule has 0 amide bonds. The van der Waals surface area contributed by atoms with E-state index in [2.05, 4.69) is 9.71 Å². The Bertz CT molecular complexity index is 1480. The molecule has 0 bridgehead atoms. The summed E-state index contributed by atoms with van der Waals surface area (Å²) < 4.78 is 47.6. The molecule has 2 atom stereocenters. The number of methoxy groups -OCH3 is 1. The van der Waals surface area contributed by atoms with E-state index < -0.39 is 33.9 Å². The van der Waals surface area contributed by atoms with Crippen molar-refractivity contribution in [2.45, 2.75) is 23.4 Å². The second-order valence-electron chi connectivity index (χ2n) is 8.16. The quantitative estimate of drug-likeness (QED) is 0.470. The second-order valence-corrected chi connectivity index (χ2v) is 11.2. The van der Waals surface area contributed by atoms with Gasteiger partial charge in [-0.3, -0.25) is 4.99 Å². The highest BCUT2D eigenvalue weighted by molar-refractivity contribution is 7.89. The number of aromatic nitrogens is 1. The molecule has 0 spiro atoms. The van der Waals surface area contributed by atoms with Crippen LogP contribution in [0.2, 0.25) is 5.02 Å². The number of rotatable bonds is 6. The van der Waals surface area contributed by atoms with Gasteiger partial charge in [-0.25, -0.2) is 27.3 Å². The van der Waals surface area contributed by atoms with E-state index in [-0.39, 0.29) is 28.5 Å². The van der Waals surface area contributed by atoms with Crippen LogP contribution in [0, 0.1) is 5.82 Å². The zero-order chi connectivity index (χ0) is 25.4. The molecule has 1 fully saturated rings. The molecular formula is C24H20ClFN4O4S2. The number of thiazole rings is 1. The van der Waals surface area contributed by atoms with Gasteiger partial charge < -0.3 is 9.64 Å². The van der Waals surface area contributed by atoms with Gasteiger partial charge in [-0.1, -0.05) is 35.9 Å². The van der Waals surface area contributed by atoms with Crippen LogP contribution in [0.3, 0.4) is 0 Å². The van der Waals surface area contributed by atoms with Crippen molar-refractivity contribution in [1.29, 1.82) is 0 Å². The highest BCUT2D eigenvalue weighted by Crippen LogP contribution is 2.42. The Morgan fingerprint density at radius 1 is 1.25 bits per heavy atom. The van der Waals surface area contributed by atoms with Gasteiger partial charge in [0.05, 0.1) is 17.6 Å². The summed E-state index contributed by atoms with van der Waals surface area (Å²) in [7, 11) is -2.55. The molecule has 1 aromatic heterocycles. The van der Waals surface area contributed by atoms with Crippen molar-refractivity contribution in [3.05, 3.63) is 92.8 Å². The summed E-state index contributed by atoms with van der Waals surface area (Å²) in [6, 6.07) is 10.5. The molecule has 3 aromatic rings. The largest absolute Gasteiger partial charge is 0.466 e. The molecule has 1 N–H and O–H groups in total. The van der Waals surface area contributed by atoms with E-state index in [0.29, 0.717) is 22.1 Å². The Hall–Kier alpha value is -3.12. The van der Waals surface area contributed by atoms with Crippen molar-refractivity contribution in [3.8, 4) is 0 Å². The number of hydrogen-bond donors (Lipinski definition) is 1. The Morgan fingerprint density at radius 2 is 2.03 bits per heavy atom. The molecule has 2 aliphatic rings. The van der Waals surface area contributed by atoms with E-state index >= 15 is 0 Å². The van der Waals surface area contributed by atoms with Gasteiger partial charge in [0.15, 0.2) is 10.8 Å². The number of benzene rings is 2. The summed E-state index contributed by atoms with van der Waals surface area (Å²) in [6.07, 6.45) is 1.84. The minimum absolute atomic E-state index is 0.108. The Labute approximate surface area is 216 Å². The fourth-order valence-electron chi connectivity index (χ4n) is 4.38. The number of hydrogen-bond acceptors (Lipinski definition) is 8. The van der Waals surface area contributed by atoms with Crippen LogP contribution in [0.1, 0.15) is 23.0 Å². The first-order valence-electron chi connectivity index (χ1n) is 10.9. The van der Waals surface area contributed by atoms with Crippen molar-refractivity contribution in [1.82, 2.24) is 14.6 Å². The minimum atomic E-state index is -3.81. The molecule has 0 unspecified atom stereocenters. The lowest BCUT2D eigenvalue weighted by Gasteiger charge is -2.31. The molecule has 1 saturated heterocycles. The van der Waals surface area contributed by atoms with Crippen LogP contribution < -0.4 is 4.72 Å². The van der Waals surface area contributed by atoms with Crippen molar-refractivity contribution in [2.75, 3.05) is 13.7 Å². The van der Waals surface area contributed by atoms with Crippen molar-refractivity contribution in [2.24, 2.45) is 4.99 Å². The molecule has 186 valence electrons. The average Bonchev–Trinajstić information content (AvgIpc) is 3.53. The topological polar surface area (TPSA) is 101 Å². The Kier molecular flexibility index (Phi) is 6.64. The number of nitrogens with one attached hydrogen (secondary N) is 1. The van der Waals surface area contributed by atoms with Crippen LogP contribution >= 0.6 is 22.9 Å². The van der Waals surface area contributed by atoms with Gasteiger partial charge in [0.25, 0.3) is 0 Å². The molecule has 0 saturated carbocycles. The van der Waals surface area contributed by atoms with Crippen LogP contribution in [0.25, 0.3) is 0 Å². The summed E-state index contributed by atoms with van der Waals surface area (Å²) >= 11 is 7.73. The molecule has 36 heavy (non-hydrogen) atoms. The summed E-state index contributed by atoms with van der Waals surface area (Å²) in [4.78, 5) is 24.2. The first-order valence-corrected chi connectivity index (χ1v) is 13.6. The number of esters is 1. The third-order valence-electron chi connectivity index (χ3n) is 5.92. The van der Waals surface area contributed by atoms with Crippen LogP contribution in [0.15, 0.2) is 81.3 Å². The summed E-state index contributed by atoms with van der Waals surface area (Å²) in [6.45, 7) is 0.226. The molecule has 3 heterocycles. The summed E-state index contributed by atoms with van der Waals surface area (Å²) in [5, 5.41) is 2.49. The van der Waals surface area contributed by atoms with Gasteiger partial charge in [0, 0.05) is 46.9 Å². The van der Waals surface area contributed by atoms with E-state index in [1.54, 1.807) is 34.7 Å². The number of ether oxygens (including phenoxy) is 1. The number of nitrogens with zero attached hydrogens (tertiary/aromatic N) is 3. The summed E-state index contributed by atoms with van der Waals surface area (Å²) in [5.74, 6) is -0.679. The minimum Gasteiger partial charge on any atom is -0.466 e. The highest BCUT2D eigenvalue weighted by atomic mass is 35.5. The third-order valence-corrected chi connectivity index (χ3v) is 8.55. The molecule has 5 rings (SSSR count). The molecule has 12 heteroatoms. The first-order chi connectivity index (χ1) is 17.3. The van der Waals surface area contributed by atoms with Crippen LogP contribution in [0.5, 0.6) is 0 Å². The molecule has 2 aliphatic heterocycles. The fourth-order valence-corrected chi connectivity index (χ4v) is 6.54. The van der Waals surface area contributed by atoms with E-state index in [0.717, 1.165) is 6.07 Å². The van der Waals surface area contributed by atoms with Gasteiger partial charge in [0.2, 0.25) is 10.0 Å². The van der Waals surface area contributed by atoms with E-state index in [4.69, 9.17) is 21.3 Å².